The predicted molar refractivity (Wildman–Crippen MR) is 41.6 cm³/mol. The van der Waals surface area contributed by atoms with Gasteiger partial charge >= 0.3 is 5.97 Å². The van der Waals surface area contributed by atoms with E-state index in [0.29, 0.717) is 0 Å². The SMILES string of the molecule is O=C(O)Cc1sccc1CO. The molecule has 0 aromatic carbocycles. The second-order valence-electron chi connectivity index (χ2n) is 2.10. The van der Waals surface area contributed by atoms with Crippen LogP contribution in [0.5, 0.6) is 0 Å². The van der Waals surface area contributed by atoms with Crippen LogP contribution in [0.2, 0.25) is 0 Å². The topological polar surface area (TPSA) is 57.5 Å². The summed E-state index contributed by atoms with van der Waals surface area (Å²) in [6.45, 7) is -0.0773. The van der Waals surface area contributed by atoms with Crippen molar-refractivity contribution in [1.82, 2.24) is 0 Å². The van der Waals surface area contributed by atoms with E-state index in [0.717, 1.165) is 10.4 Å². The van der Waals surface area contributed by atoms with Gasteiger partial charge in [0.15, 0.2) is 0 Å². The average Bonchev–Trinajstić information content (AvgIpc) is 2.34. The van der Waals surface area contributed by atoms with E-state index in [2.05, 4.69) is 0 Å². The van der Waals surface area contributed by atoms with Crippen molar-refractivity contribution in [3.63, 3.8) is 0 Å². The molecule has 4 heteroatoms. The van der Waals surface area contributed by atoms with E-state index in [1.165, 1.54) is 11.3 Å². The summed E-state index contributed by atoms with van der Waals surface area (Å²) in [5.41, 5.74) is 0.720. The van der Waals surface area contributed by atoms with E-state index in [-0.39, 0.29) is 13.0 Å². The minimum atomic E-state index is -0.859. The summed E-state index contributed by atoms with van der Waals surface area (Å²) in [5.74, 6) is -0.859. The third-order valence-corrected chi connectivity index (χ3v) is 2.28. The van der Waals surface area contributed by atoms with Gasteiger partial charge in [0.1, 0.15) is 0 Å². The Morgan fingerprint density at radius 3 is 2.91 bits per heavy atom. The van der Waals surface area contributed by atoms with Crippen LogP contribution in [0.25, 0.3) is 0 Å². The predicted octanol–water partition coefficient (Wildman–Crippen LogP) is 0.867. The largest absolute Gasteiger partial charge is 0.481 e. The highest BCUT2D eigenvalue weighted by atomic mass is 32.1. The van der Waals surface area contributed by atoms with Gasteiger partial charge in [-0.25, -0.2) is 0 Å². The summed E-state index contributed by atoms with van der Waals surface area (Å²) in [5, 5.41) is 18.9. The maximum atomic E-state index is 10.3. The van der Waals surface area contributed by atoms with E-state index >= 15 is 0 Å². The molecule has 60 valence electrons. The van der Waals surface area contributed by atoms with Crippen molar-refractivity contribution in [3.8, 4) is 0 Å². The van der Waals surface area contributed by atoms with Crippen LogP contribution in [-0.2, 0) is 17.8 Å². The van der Waals surface area contributed by atoms with Crippen molar-refractivity contribution in [1.29, 1.82) is 0 Å². The number of carboxylic acids is 1. The van der Waals surface area contributed by atoms with Crippen LogP contribution in [0.1, 0.15) is 10.4 Å². The van der Waals surface area contributed by atoms with Gasteiger partial charge < -0.3 is 10.2 Å². The lowest BCUT2D eigenvalue weighted by Crippen LogP contribution is -2.00. The molecule has 0 bridgehead atoms. The van der Waals surface area contributed by atoms with Gasteiger partial charge in [-0.1, -0.05) is 0 Å². The lowest BCUT2D eigenvalue weighted by Gasteiger charge is -1.94. The molecule has 1 rings (SSSR count). The number of aliphatic hydroxyl groups is 1. The number of carboxylic acid groups (broad SMARTS) is 1. The zero-order valence-corrected chi connectivity index (χ0v) is 6.60. The molecule has 0 aliphatic heterocycles. The van der Waals surface area contributed by atoms with Crippen LogP contribution in [-0.4, -0.2) is 16.2 Å². The summed E-state index contributed by atoms with van der Waals surface area (Å²) in [4.78, 5) is 11.0. The Kier molecular flexibility index (Phi) is 2.62. The van der Waals surface area contributed by atoms with Crippen molar-refractivity contribution in [3.05, 3.63) is 21.9 Å². The summed E-state index contributed by atoms with van der Waals surface area (Å²) in [6, 6.07) is 1.74. The van der Waals surface area contributed by atoms with Crippen LogP contribution >= 0.6 is 11.3 Å². The number of hydrogen-bond acceptors (Lipinski definition) is 3. The fourth-order valence-corrected chi connectivity index (χ4v) is 1.69. The van der Waals surface area contributed by atoms with Gasteiger partial charge in [0, 0.05) is 4.88 Å². The van der Waals surface area contributed by atoms with Crippen molar-refractivity contribution >= 4 is 17.3 Å². The van der Waals surface area contributed by atoms with E-state index in [9.17, 15) is 4.79 Å². The fourth-order valence-electron chi connectivity index (χ4n) is 0.800. The quantitative estimate of drug-likeness (QED) is 0.711. The van der Waals surface area contributed by atoms with Gasteiger partial charge in [-0.15, -0.1) is 11.3 Å². The van der Waals surface area contributed by atoms with Gasteiger partial charge in [-0.2, -0.15) is 0 Å². The Morgan fingerprint density at radius 1 is 1.64 bits per heavy atom. The molecule has 0 aliphatic carbocycles. The van der Waals surface area contributed by atoms with Gasteiger partial charge in [0.2, 0.25) is 0 Å². The smallest absolute Gasteiger partial charge is 0.308 e. The molecule has 1 aromatic heterocycles. The number of hydrogen-bond donors (Lipinski definition) is 2. The Morgan fingerprint density at radius 2 is 2.36 bits per heavy atom. The number of aliphatic hydroxyl groups excluding tert-OH is 1. The third-order valence-electron chi connectivity index (χ3n) is 1.32. The molecule has 1 heterocycles. The van der Waals surface area contributed by atoms with Crippen LogP contribution in [0.4, 0.5) is 0 Å². The van der Waals surface area contributed by atoms with Crippen LogP contribution in [0.3, 0.4) is 0 Å². The summed E-state index contributed by atoms with van der Waals surface area (Å²) in [7, 11) is 0. The molecular formula is C7H8O3S. The third kappa shape index (κ3) is 2.03. The van der Waals surface area contributed by atoms with Crippen LogP contribution in [0, 0.1) is 0 Å². The molecule has 0 spiro atoms. The molecule has 11 heavy (non-hydrogen) atoms. The molecule has 0 atom stereocenters. The molecule has 0 fully saturated rings. The highest BCUT2D eigenvalue weighted by Gasteiger charge is 2.06. The normalized spacial score (nSPS) is 9.91. The number of aliphatic carboxylic acids is 1. The van der Waals surface area contributed by atoms with Crippen LogP contribution < -0.4 is 0 Å². The summed E-state index contributed by atoms with van der Waals surface area (Å²) < 4.78 is 0. The maximum Gasteiger partial charge on any atom is 0.308 e. The highest BCUT2D eigenvalue weighted by molar-refractivity contribution is 7.10. The number of rotatable bonds is 3. The first-order valence-electron chi connectivity index (χ1n) is 3.12. The first-order chi connectivity index (χ1) is 5.24. The fraction of sp³-hybridized carbons (Fsp3) is 0.286. The summed E-state index contributed by atoms with van der Waals surface area (Å²) >= 11 is 1.36. The molecule has 0 unspecified atom stereocenters. The van der Waals surface area contributed by atoms with Crippen molar-refractivity contribution in [2.24, 2.45) is 0 Å². The lowest BCUT2D eigenvalue weighted by atomic mass is 10.2. The van der Waals surface area contributed by atoms with E-state index < -0.39 is 5.97 Å². The molecule has 1 aromatic rings. The molecule has 3 nitrogen and oxygen atoms in total. The Hall–Kier alpha value is -0.870. The van der Waals surface area contributed by atoms with Crippen molar-refractivity contribution in [2.75, 3.05) is 0 Å². The summed E-state index contributed by atoms with van der Waals surface area (Å²) in [6.07, 6.45) is 0.00750. The molecule has 0 amide bonds. The van der Waals surface area contributed by atoms with E-state index in [1.54, 1.807) is 11.4 Å². The minimum absolute atomic E-state index is 0.00750. The molecule has 0 aliphatic rings. The second-order valence-corrected chi connectivity index (χ2v) is 3.10. The van der Waals surface area contributed by atoms with Crippen molar-refractivity contribution < 1.29 is 15.0 Å². The van der Waals surface area contributed by atoms with Gasteiger partial charge in [0.05, 0.1) is 13.0 Å². The maximum absolute atomic E-state index is 10.3. The number of thiophene rings is 1. The molecule has 0 saturated carbocycles. The molecule has 0 radical (unpaired) electrons. The zero-order chi connectivity index (χ0) is 8.27. The molecule has 2 N–H and O–H groups in total. The highest BCUT2D eigenvalue weighted by Crippen LogP contribution is 2.16. The van der Waals surface area contributed by atoms with Crippen LogP contribution in [0.15, 0.2) is 11.4 Å². The molecular weight excluding hydrogens is 164 g/mol. The van der Waals surface area contributed by atoms with E-state index in [4.69, 9.17) is 10.2 Å². The van der Waals surface area contributed by atoms with Gasteiger partial charge in [0.25, 0.3) is 0 Å². The average molecular weight is 172 g/mol. The lowest BCUT2D eigenvalue weighted by molar-refractivity contribution is -0.136. The zero-order valence-electron chi connectivity index (χ0n) is 5.78. The Labute approximate surface area is 67.9 Å². The minimum Gasteiger partial charge on any atom is -0.481 e. The number of carbonyl (C=O) groups is 1. The first-order valence-corrected chi connectivity index (χ1v) is 4.00. The van der Waals surface area contributed by atoms with E-state index in [1.807, 2.05) is 0 Å². The first kappa shape index (κ1) is 8.23. The molecule has 0 saturated heterocycles. The Balaban J connectivity index is 2.76. The van der Waals surface area contributed by atoms with Gasteiger partial charge in [-0.05, 0) is 17.0 Å². The van der Waals surface area contributed by atoms with Crippen molar-refractivity contribution in [2.45, 2.75) is 13.0 Å². The Bertz CT molecular complexity index is 254. The monoisotopic (exact) mass is 172 g/mol. The van der Waals surface area contributed by atoms with Gasteiger partial charge in [-0.3, -0.25) is 4.79 Å². The standard InChI is InChI=1S/C7H8O3S/c8-4-5-1-2-11-6(5)3-7(9)10/h1-2,8H,3-4H2,(H,9,10). The second kappa shape index (κ2) is 3.50.